The van der Waals surface area contributed by atoms with E-state index in [-0.39, 0.29) is 5.84 Å². The predicted molar refractivity (Wildman–Crippen MR) is 82.3 cm³/mol. The Morgan fingerprint density at radius 2 is 2.24 bits per heavy atom. The van der Waals surface area contributed by atoms with E-state index in [1.54, 1.807) is 12.1 Å². The molecule has 116 valence electrons. The number of ether oxygens (including phenoxy) is 3. The molecule has 0 saturated carbocycles. The van der Waals surface area contributed by atoms with Crippen LogP contribution in [0.2, 0.25) is 0 Å². The van der Waals surface area contributed by atoms with Crippen LogP contribution < -0.4 is 15.2 Å². The molecule has 1 aliphatic heterocycles. The summed E-state index contributed by atoms with van der Waals surface area (Å²) >= 11 is 0. The van der Waals surface area contributed by atoms with Crippen molar-refractivity contribution in [1.29, 1.82) is 5.41 Å². The first-order valence-electron chi connectivity index (χ1n) is 7.56. The minimum atomic E-state index is 0.0286. The molecule has 5 nitrogen and oxygen atoms in total. The van der Waals surface area contributed by atoms with Crippen LogP contribution in [0.4, 0.5) is 0 Å². The smallest absolute Gasteiger partial charge is 0.161 e. The van der Waals surface area contributed by atoms with Gasteiger partial charge < -0.3 is 19.9 Å². The number of amidine groups is 1. The molecule has 1 unspecified atom stereocenters. The van der Waals surface area contributed by atoms with E-state index < -0.39 is 0 Å². The van der Waals surface area contributed by atoms with Crippen LogP contribution in [0, 0.1) is 5.41 Å². The molecular weight excluding hydrogens is 268 g/mol. The normalized spacial score (nSPS) is 17.7. The van der Waals surface area contributed by atoms with Crippen LogP contribution in [0.3, 0.4) is 0 Å². The highest BCUT2D eigenvalue weighted by Crippen LogP contribution is 2.29. The van der Waals surface area contributed by atoms with Crippen LogP contribution in [0.25, 0.3) is 0 Å². The molecule has 1 atom stereocenters. The lowest BCUT2D eigenvalue weighted by Gasteiger charge is -2.14. The van der Waals surface area contributed by atoms with Gasteiger partial charge in [0.15, 0.2) is 11.5 Å². The molecule has 0 spiro atoms. The van der Waals surface area contributed by atoms with Crippen LogP contribution in [-0.2, 0) is 4.74 Å². The second kappa shape index (κ2) is 7.88. The first kappa shape index (κ1) is 15.6. The summed E-state index contributed by atoms with van der Waals surface area (Å²) in [6.07, 6.45) is 4.74. The Morgan fingerprint density at radius 3 is 2.90 bits per heavy atom. The first-order valence-corrected chi connectivity index (χ1v) is 7.56. The third kappa shape index (κ3) is 4.63. The summed E-state index contributed by atoms with van der Waals surface area (Å²) in [5, 5.41) is 7.47. The number of benzene rings is 1. The second-order valence-electron chi connectivity index (χ2n) is 5.13. The van der Waals surface area contributed by atoms with E-state index in [1.165, 1.54) is 6.42 Å². The average Bonchev–Trinajstić information content (AvgIpc) is 2.98. The molecule has 5 heteroatoms. The first-order chi connectivity index (χ1) is 10.2. The van der Waals surface area contributed by atoms with Gasteiger partial charge in [-0.1, -0.05) is 0 Å². The summed E-state index contributed by atoms with van der Waals surface area (Å²) in [6.45, 7) is 4.00. The molecule has 0 radical (unpaired) electrons. The Labute approximate surface area is 125 Å². The molecule has 0 amide bonds. The molecule has 0 aliphatic carbocycles. The fraction of sp³-hybridized carbons (Fsp3) is 0.562. The van der Waals surface area contributed by atoms with Gasteiger partial charge in [-0.2, -0.15) is 0 Å². The van der Waals surface area contributed by atoms with Crippen LogP contribution in [0.15, 0.2) is 18.2 Å². The van der Waals surface area contributed by atoms with Crippen molar-refractivity contribution in [1.82, 2.24) is 0 Å². The maximum Gasteiger partial charge on any atom is 0.161 e. The maximum absolute atomic E-state index is 7.47. The monoisotopic (exact) mass is 292 g/mol. The SMILES string of the molecule is CCOc1cc(C(=N)N)ccc1OCCCC1CCCO1. The number of nitrogen functional groups attached to an aromatic ring is 1. The van der Waals surface area contributed by atoms with Crippen molar-refractivity contribution < 1.29 is 14.2 Å². The molecule has 1 aromatic carbocycles. The largest absolute Gasteiger partial charge is 0.490 e. The third-order valence-corrected chi connectivity index (χ3v) is 3.51. The Bertz CT molecular complexity index is 471. The molecule has 21 heavy (non-hydrogen) atoms. The Morgan fingerprint density at radius 1 is 1.38 bits per heavy atom. The quantitative estimate of drug-likeness (QED) is 0.439. The van der Waals surface area contributed by atoms with Crippen molar-refractivity contribution in [3.05, 3.63) is 23.8 Å². The fourth-order valence-corrected chi connectivity index (χ4v) is 2.43. The van der Waals surface area contributed by atoms with Crippen molar-refractivity contribution >= 4 is 5.84 Å². The van der Waals surface area contributed by atoms with Gasteiger partial charge in [0.2, 0.25) is 0 Å². The van der Waals surface area contributed by atoms with Gasteiger partial charge in [-0.3, -0.25) is 5.41 Å². The van der Waals surface area contributed by atoms with Crippen LogP contribution in [0.1, 0.15) is 38.2 Å². The van der Waals surface area contributed by atoms with Crippen LogP contribution >= 0.6 is 0 Å². The van der Waals surface area contributed by atoms with Crippen molar-refractivity contribution in [3.8, 4) is 11.5 Å². The molecule has 3 N–H and O–H groups in total. The minimum Gasteiger partial charge on any atom is -0.490 e. The molecule has 2 rings (SSSR count). The molecule has 0 aromatic heterocycles. The van der Waals surface area contributed by atoms with E-state index in [0.717, 1.165) is 25.9 Å². The zero-order valence-electron chi connectivity index (χ0n) is 12.6. The highest BCUT2D eigenvalue weighted by atomic mass is 16.5. The lowest BCUT2D eigenvalue weighted by Crippen LogP contribution is -2.12. The van der Waals surface area contributed by atoms with Crippen molar-refractivity contribution in [2.24, 2.45) is 5.73 Å². The van der Waals surface area contributed by atoms with E-state index in [0.29, 0.717) is 36.4 Å². The van der Waals surface area contributed by atoms with Gasteiger partial charge in [-0.15, -0.1) is 0 Å². The number of hydrogen-bond donors (Lipinski definition) is 2. The average molecular weight is 292 g/mol. The number of nitrogens with one attached hydrogen (secondary N) is 1. The van der Waals surface area contributed by atoms with Crippen LogP contribution in [0.5, 0.6) is 11.5 Å². The van der Waals surface area contributed by atoms with Crippen molar-refractivity contribution in [2.75, 3.05) is 19.8 Å². The van der Waals surface area contributed by atoms with E-state index in [9.17, 15) is 0 Å². The van der Waals surface area contributed by atoms with Gasteiger partial charge in [-0.05, 0) is 50.8 Å². The Kier molecular flexibility index (Phi) is 5.87. The summed E-state index contributed by atoms with van der Waals surface area (Å²) < 4.78 is 16.9. The Hall–Kier alpha value is -1.75. The lowest BCUT2D eigenvalue weighted by atomic mass is 10.1. The number of nitrogens with two attached hydrogens (primary N) is 1. The lowest BCUT2D eigenvalue weighted by molar-refractivity contribution is 0.0979. The number of hydrogen-bond acceptors (Lipinski definition) is 4. The van der Waals surface area contributed by atoms with Gasteiger partial charge in [-0.25, -0.2) is 0 Å². The van der Waals surface area contributed by atoms with Gasteiger partial charge in [0.05, 0.1) is 19.3 Å². The van der Waals surface area contributed by atoms with Gasteiger partial charge >= 0.3 is 0 Å². The summed E-state index contributed by atoms with van der Waals surface area (Å²) in [5.74, 6) is 1.37. The molecular formula is C16H24N2O3. The molecule has 1 aromatic rings. The fourth-order valence-electron chi connectivity index (χ4n) is 2.43. The molecule has 1 heterocycles. The zero-order chi connectivity index (χ0) is 15.1. The van der Waals surface area contributed by atoms with E-state index in [2.05, 4.69) is 0 Å². The maximum atomic E-state index is 7.47. The molecule has 1 aliphatic rings. The van der Waals surface area contributed by atoms with Gasteiger partial charge in [0.25, 0.3) is 0 Å². The summed E-state index contributed by atoms with van der Waals surface area (Å²) in [5.41, 5.74) is 6.14. The molecule has 0 bridgehead atoms. The zero-order valence-corrected chi connectivity index (χ0v) is 12.6. The highest BCUT2D eigenvalue weighted by molar-refractivity contribution is 5.95. The van der Waals surface area contributed by atoms with E-state index in [1.807, 2.05) is 13.0 Å². The summed E-state index contributed by atoms with van der Waals surface area (Å²) in [4.78, 5) is 0. The summed E-state index contributed by atoms with van der Waals surface area (Å²) in [7, 11) is 0. The topological polar surface area (TPSA) is 77.6 Å². The van der Waals surface area contributed by atoms with Gasteiger partial charge in [0, 0.05) is 12.2 Å². The molecule has 1 fully saturated rings. The summed E-state index contributed by atoms with van der Waals surface area (Å²) in [6, 6.07) is 5.34. The standard InChI is InChI=1S/C16H24N2O3/c1-2-19-15-11-12(16(17)18)7-8-14(15)21-10-4-6-13-5-3-9-20-13/h7-8,11,13H,2-6,9-10H2,1H3,(H3,17,18). The predicted octanol–water partition coefficient (Wildman–Crippen LogP) is 2.71. The van der Waals surface area contributed by atoms with E-state index >= 15 is 0 Å². The van der Waals surface area contributed by atoms with Crippen molar-refractivity contribution in [2.45, 2.75) is 38.7 Å². The van der Waals surface area contributed by atoms with E-state index in [4.69, 9.17) is 25.4 Å². The second-order valence-corrected chi connectivity index (χ2v) is 5.13. The third-order valence-electron chi connectivity index (χ3n) is 3.51. The van der Waals surface area contributed by atoms with Gasteiger partial charge in [0.1, 0.15) is 5.84 Å². The highest BCUT2D eigenvalue weighted by Gasteiger charge is 2.15. The number of rotatable bonds is 8. The Balaban J connectivity index is 1.87. The van der Waals surface area contributed by atoms with Crippen LogP contribution in [-0.4, -0.2) is 31.8 Å². The minimum absolute atomic E-state index is 0.0286. The van der Waals surface area contributed by atoms with Crippen molar-refractivity contribution in [3.63, 3.8) is 0 Å². The molecule has 1 saturated heterocycles.